The van der Waals surface area contributed by atoms with Crippen molar-refractivity contribution in [1.82, 2.24) is 0 Å². The van der Waals surface area contributed by atoms with E-state index in [0.717, 1.165) is 57.4 Å². The van der Waals surface area contributed by atoms with Gasteiger partial charge >= 0.3 is 227 Å². The third-order valence-electron chi connectivity index (χ3n) is 7.29. The van der Waals surface area contributed by atoms with E-state index in [0.29, 0.717) is 5.56 Å². The van der Waals surface area contributed by atoms with Gasteiger partial charge in [0.05, 0.1) is 0 Å². The molecule has 0 fully saturated rings. The van der Waals surface area contributed by atoms with Crippen molar-refractivity contribution in [3.05, 3.63) is 76.6 Å². The van der Waals surface area contributed by atoms with Gasteiger partial charge in [-0.3, -0.25) is 0 Å². The first kappa shape index (κ1) is 29.9. The standard InChI is InChI=1S/C18H7ClF5.3C4H9.Sn/c19-11-8-4-7-10(12(11)9-5-2-1-3-6-9)13-14(20)16(22)18(24)17(23)15(13)21;3*1-3-4-2;/h1-5,7-8H;3*1,3-4H2,2H3;. The molecule has 3 aromatic rings. The Hall–Kier alpha value is -1.60. The number of hydrogen-bond donors (Lipinski definition) is 0. The fourth-order valence-electron chi connectivity index (χ4n) is 5.34. The molecule has 0 atom stereocenters. The van der Waals surface area contributed by atoms with E-state index in [9.17, 15) is 22.0 Å². The van der Waals surface area contributed by atoms with E-state index in [1.807, 2.05) is 18.2 Å². The molecule has 0 radical (unpaired) electrons. The Balaban J connectivity index is 2.37. The van der Waals surface area contributed by atoms with Crippen molar-refractivity contribution in [3.63, 3.8) is 0 Å². The SMILES string of the molecule is CCC[CH2][Sn]([CH2]CCC)([CH2]CCC)[c]1ccccc1-c1c(Cl)cccc1-c1c(F)c(F)c(F)c(F)c1F. The molecule has 0 spiro atoms. The van der Waals surface area contributed by atoms with Crippen LogP contribution in [0.1, 0.15) is 59.3 Å². The summed E-state index contributed by atoms with van der Waals surface area (Å²) in [5.74, 6) is -9.80. The van der Waals surface area contributed by atoms with Crippen molar-refractivity contribution >= 4 is 33.6 Å². The quantitative estimate of drug-likeness (QED) is 0.0798. The van der Waals surface area contributed by atoms with Gasteiger partial charge in [-0.25, -0.2) is 0 Å². The van der Waals surface area contributed by atoms with Gasteiger partial charge in [0.15, 0.2) is 0 Å². The van der Waals surface area contributed by atoms with Crippen LogP contribution in [-0.2, 0) is 0 Å². The second kappa shape index (κ2) is 13.5. The predicted octanol–water partition coefficient (Wildman–Crippen LogP) is 10.4. The van der Waals surface area contributed by atoms with Gasteiger partial charge in [-0.05, 0) is 0 Å². The number of rotatable bonds is 12. The molecule has 3 rings (SSSR count). The first-order valence-corrected chi connectivity index (χ1v) is 21.0. The molecule has 7 heteroatoms. The van der Waals surface area contributed by atoms with Crippen LogP contribution in [0.2, 0.25) is 18.3 Å². The minimum absolute atomic E-state index is 0.0885. The molecular weight excluding hydrogens is 609 g/mol. The second-order valence-corrected chi connectivity index (χ2v) is 23.3. The number of unbranched alkanes of at least 4 members (excludes halogenated alkanes) is 3. The third-order valence-corrected chi connectivity index (χ3v) is 23.3. The molecule has 0 saturated carbocycles. The molecule has 0 bridgehead atoms. The summed E-state index contributed by atoms with van der Waals surface area (Å²) in [4.78, 5) is 0. The first-order chi connectivity index (χ1) is 17.7. The van der Waals surface area contributed by atoms with Gasteiger partial charge in [0, 0.05) is 0 Å². The van der Waals surface area contributed by atoms with Gasteiger partial charge in [0.2, 0.25) is 0 Å². The van der Waals surface area contributed by atoms with E-state index >= 15 is 0 Å². The van der Waals surface area contributed by atoms with E-state index < -0.39 is 53.0 Å². The van der Waals surface area contributed by atoms with Crippen molar-refractivity contribution in [2.24, 2.45) is 0 Å². The van der Waals surface area contributed by atoms with Crippen molar-refractivity contribution in [3.8, 4) is 22.3 Å². The molecule has 0 unspecified atom stereocenters. The minimum atomic E-state index is -3.10. The Morgan fingerprint density at radius 1 is 0.568 bits per heavy atom. The summed E-state index contributed by atoms with van der Waals surface area (Å²) in [5, 5.41) is 0.218. The maximum absolute atomic E-state index is 15.0. The predicted molar refractivity (Wildman–Crippen MR) is 147 cm³/mol. The Kier molecular flexibility index (Phi) is 10.9. The summed E-state index contributed by atoms with van der Waals surface area (Å²) < 4.78 is 76.9. The molecule has 3 aromatic carbocycles. The molecule has 0 aliphatic carbocycles. The molecular formula is C30H34ClF5Sn. The average molecular weight is 644 g/mol. The van der Waals surface area contributed by atoms with E-state index in [4.69, 9.17) is 11.6 Å². The molecule has 0 nitrogen and oxygen atoms in total. The topological polar surface area (TPSA) is 0 Å². The van der Waals surface area contributed by atoms with Gasteiger partial charge in [-0.15, -0.1) is 0 Å². The van der Waals surface area contributed by atoms with Crippen LogP contribution in [0.15, 0.2) is 42.5 Å². The molecule has 0 heterocycles. The maximum atomic E-state index is 15.0. The van der Waals surface area contributed by atoms with Crippen molar-refractivity contribution in [2.75, 3.05) is 0 Å². The molecule has 0 aromatic heterocycles. The van der Waals surface area contributed by atoms with Crippen LogP contribution in [0.5, 0.6) is 0 Å². The summed E-state index contributed by atoms with van der Waals surface area (Å²) in [7, 11) is 0. The van der Waals surface area contributed by atoms with Crippen molar-refractivity contribution in [1.29, 1.82) is 0 Å². The van der Waals surface area contributed by atoms with Gasteiger partial charge in [-0.1, -0.05) is 0 Å². The van der Waals surface area contributed by atoms with Crippen molar-refractivity contribution < 1.29 is 22.0 Å². The van der Waals surface area contributed by atoms with Gasteiger partial charge in [-0.2, -0.15) is 0 Å². The molecule has 0 saturated heterocycles. The Morgan fingerprint density at radius 3 is 1.54 bits per heavy atom. The average Bonchev–Trinajstić information content (AvgIpc) is 2.91. The van der Waals surface area contributed by atoms with E-state index in [2.05, 4.69) is 26.8 Å². The van der Waals surface area contributed by atoms with Crippen LogP contribution in [0.25, 0.3) is 22.3 Å². The molecule has 200 valence electrons. The molecule has 37 heavy (non-hydrogen) atoms. The molecule has 0 aliphatic heterocycles. The normalized spacial score (nSPS) is 11.8. The summed E-state index contributed by atoms with van der Waals surface area (Å²) in [6, 6.07) is 12.3. The van der Waals surface area contributed by atoms with Crippen LogP contribution in [0.3, 0.4) is 0 Å². The molecule has 0 amide bonds. The van der Waals surface area contributed by atoms with Gasteiger partial charge in [0.1, 0.15) is 0 Å². The Bertz CT molecular complexity index is 1180. The summed E-state index contributed by atoms with van der Waals surface area (Å²) in [5.41, 5.74) is 0.0503. The fourth-order valence-corrected chi connectivity index (χ4v) is 22.4. The van der Waals surface area contributed by atoms with Gasteiger partial charge < -0.3 is 0 Å². The summed E-state index contributed by atoms with van der Waals surface area (Å²) in [6.45, 7) is 6.53. The van der Waals surface area contributed by atoms with Crippen LogP contribution in [0, 0.1) is 29.1 Å². The van der Waals surface area contributed by atoms with Crippen LogP contribution in [-0.4, -0.2) is 18.4 Å². The Morgan fingerprint density at radius 2 is 1.03 bits per heavy atom. The molecule has 0 N–H and O–H groups in total. The summed E-state index contributed by atoms with van der Waals surface area (Å²) >= 11 is 3.58. The zero-order chi connectivity index (χ0) is 27.2. The molecule has 0 aliphatic rings. The zero-order valence-electron chi connectivity index (χ0n) is 21.7. The fraction of sp³-hybridized carbons (Fsp3) is 0.400. The van der Waals surface area contributed by atoms with Crippen LogP contribution < -0.4 is 3.58 Å². The zero-order valence-corrected chi connectivity index (χ0v) is 25.3. The van der Waals surface area contributed by atoms with Crippen LogP contribution >= 0.6 is 11.6 Å². The van der Waals surface area contributed by atoms with E-state index in [1.54, 1.807) is 6.07 Å². The third kappa shape index (κ3) is 6.19. The van der Waals surface area contributed by atoms with Gasteiger partial charge in [0.25, 0.3) is 0 Å². The monoisotopic (exact) mass is 644 g/mol. The number of hydrogen-bond acceptors (Lipinski definition) is 0. The summed E-state index contributed by atoms with van der Waals surface area (Å²) in [6.07, 6.45) is 6.52. The van der Waals surface area contributed by atoms with E-state index in [1.165, 1.54) is 15.7 Å². The first-order valence-electron chi connectivity index (χ1n) is 13.1. The number of benzene rings is 3. The van der Waals surface area contributed by atoms with Crippen LogP contribution in [0.4, 0.5) is 22.0 Å². The number of halogens is 6. The van der Waals surface area contributed by atoms with E-state index in [-0.39, 0.29) is 10.6 Å². The second-order valence-electron chi connectivity index (χ2n) is 9.74. The Labute approximate surface area is 226 Å². The van der Waals surface area contributed by atoms with Crippen molar-refractivity contribution in [2.45, 2.75) is 72.6 Å².